The third kappa shape index (κ3) is 4.89. The van der Waals surface area contributed by atoms with Gasteiger partial charge in [0.05, 0.1) is 17.3 Å². The molecule has 0 atom stereocenters. The first kappa shape index (κ1) is 19.4. The maximum Gasteiger partial charge on any atom is 0.346 e. The summed E-state index contributed by atoms with van der Waals surface area (Å²) in [4.78, 5) is 24.0. The molecular weight excluding hydrogens is 427 g/mol. The molecule has 0 bridgehead atoms. The molecule has 0 aliphatic heterocycles. The Morgan fingerprint density at radius 2 is 1.57 bits per heavy atom. The first-order valence-corrected chi connectivity index (χ1v) is 8.98. The number of nitrogens with one attached hydrogen (secondary N) is 1. The van der Waals surface area contributed by atoms with Gasteiger partial charge in [-0.15, -0.1) is 0 Å². The van der Waals surface area contributed by atoms with E-state index in [1.807, 2.05) is 6.07 Å². The topological polar surface area (TPSA) is 67.8 Å². The van der Waals surface area contributed by atoms with E-state index in [0.717, 1.165) is 0 Å². The standard InChI is InChI=1S/C21H14BrFN2O3/c22-18-7-3-1-5-16(18)20(26)25-24-13-14-9-11-15(12-10-14)28-21(27)17-6-2-4-8-19(17)23/h1-13H,(H,25,26)/b24-13+. The lowest BCUT2D eigenvalue weighted by Crippen LogP contribution is -2.18. The van der Waals surface area contributed by atoms with Crippen molar-refractivity contribution in [1.29, 1.82) is 0 Å². The van der Waals surface area contributed by atoms with Crippen molar-refractivity contribution in [3.05, 3.63) is 99.8 Å². The van der Waals surface area contributed by atoms with Crippen molar-refractivity contribution >= 4 is 34.0 Å². The van der Waals surface area contributed by atoms with Gasteiger partial charge in [-0.25, -0.2) is 14.6 Å². The third-order valence-corrected chi connectivity index (χ3v) is 4.37. The number of rotatable bonds is 5. The molecule has 140 valence electrons. The molecule has 0 saturated carbocycles. The fourth-order valence-electron chi connectivity index (χ4n) is 2.28. The number of hydrogen-bond donors (Lipinski definition) is 1. The molecule has 7 heteroatoms. The first-order valence-electron chi connectivity index (χ1n) is 8.19. The Morgan fingerprint density at radius 3 is 2.25 bits per heavy atom. The molecule has 1 amide bonds. The Bertz CT molecular complexity index is 1040. The fraction of sp³-hybridized carbons (Fsp3) is 0. The lowest BCUT2D eigenvalue weighted by atomic mass is 10.2. The summed E-state index contributed by atoms with van der Waals surface area (Å²) in [6.07, 6.45) is 1.46. The summed E-state index contributed by atoms with van der Waals surface area (Å²) >= 11 is 3.30. The van der Waals surface area contributed by atoms with Crippen LogP contribution in [0.1, 0.15) is 26.3 Å². The van der Waals surface area contributed by atoms with Gasteiger partial charge in [0.2, 0.25) is 0 Å². The predicted molar refractivity (Wildman–Crippen MR) is 107 cm³/mol. The Balaban J connectivity index is 1.59. The SMILES string of the molecule is O=C(Oc1ccc(/C=N/NC(=O)c2ccccc2Br)cc1)c1ccccc1F. The predicted octanol–water partition coefficient (Wildman–Crippen LogP) is 4.57. The van der Waals surface area contributed by atoms with Crippen LogP contribution in [0.25, 0.3) is 0 Å². The van der Waals surface area contributed by atoms with Gasteiger partial charge < -0.3 is 4.74 Å². The van der Waals surface area contributed by atoms with E-state index in [2.05, 4.69) is 26.5 Å². The minimum atomic E-state index is -0.778. The number of esters is 1. The number of hydrazone groups is 1. The van der Waals surface area contributed by atoms with Crippen LogP contribution in [-0.4, -0.2) is 18.1 Å². The molecule has 0 radical (unpaired) electrons. The quantitative estimate of drug-likeness (QED) is 0.273. The zero-order valence-electron chi connectivity index (χ0n) is 14.4. The molecule has 0 aliphatic rings. The summed E-state index contributed by atoms with van der Waals surface area (Å²) in [7, 11) is 0. The second-order valence-electron chi connectivity index (χ2n) is 5.62. The summed E-state index contributed by atoms with van der Waals surface area (Å²) in [6, 6.07) is 19.0. The highest BCUT2D eigenvalue weighted by Crippen LogP contribution is 2.16. The molecular formula is C21H14BrFN2O3. The van der Waals surface area contributed by atoms with Crippen molar-refractivity contribution < 1.29 is 18.7 Å². The number of nitrogens with zero attached hydrogens (tertiary/aromatic N) is 1. The number of carbonyl (C=O) groups is 2. The van der Waals surface area contributed by atoms with Gasteiger partial charge in [0.25, 0.3) is 5.91 Å². The first-order chi connectivity index (χ1) is 13.5. The highest BCUT2D eigenvalue weighted by atomic mass is 79.9. The average molecular weight is 441 g/mol. The summed E-state index contributed by atoms with van der Waals surface area (Å²) in [6.45, 7) is 0. The van der Waals surface area contributed by atoms with Gasteiger partial charge in [0, 0.05) is 4.47 Å². The molecule has 0 aliphatic carbocycles. The van der Waals surface area contributed by atoms with Crippen LogP contribution >= 0.6 is 15.9 Å². The highest BCUT2D eigenvalue weighted by molar-refractivity contribution is 9.10. The number of ether oxygens (including phenoxy) is 1. The number of carbonyl (C=O) groups excluding carboxylic acids is 2. The van der Waals surface area contributed by atoms with Crippen LogP contribution in [0.15, 0.2) is 82.4 Å². The maximum absolute atomic E-state index is 13.6. The van der Waals surface area contributed by atoms with E-state index in [9.17, 15) is 14.0 Å². The summed E-state index contributed by atoms with van der Waals surface area (Å²) in [5, 5.41) is 3.91. The van der Waals surface area contributed by atoms with Crippen LogP contribution in [-0.2, 0) is 0 Å². The molecule has 0 fully saturated rings. The van der Waals surface area contributed by atoms with Crippen molar-refractivity contribution in [3.63, 3.8) is 0 Å². The van der Waals surface area contributed by atoms with Crippen molar-refractivity contribution in [1.82, 2.24) is 5.43 Å². The molecule has 0 heterocycles. The van der Waals surface area contributed by atoms with Crippen molar-refractivity contribution in [2.45, 2.75) is 0 Å². The second kappa shape index (κ2) is 9.05. The van der Waals surface area contributed by atoms with Crippen molar-refractivity contribution in [2.75, 3.05) is 0 Å². The average Bonchev–Trinajstić information content (AvgIpc) is 2.70. The van der Waals surface area contributed by atoms with Gasteiger partial charge in [0.1, 0.15) is 11.6 Å². The van der Waals surface area contributed by atoms with Crippen molar-refractivity contribution in [3.8, 4) is 5.75 Å². The molecule has 3 aromatic rings. The van der Waals surface area contributed by atoms with Crippen LogP contribution in [0.5, 0.6) is 5.75 Å². The van der Waals surface area contributed by atoms with Gasteiger partial charge >= 0.3 is 5.97 Å². The van der Waals surface area contributed by atoms with Crippen LogP contribution in [0.2, 0.25) is 0 Å². The largest absolute Gasteiger partial charge is 0.423 e. The fourth-order valence-corrected chi connectivity index (χ4v) is 2.75. The van der Waals surface area contributed by atoms with E-state index in [4.69, 9.17) is 4.74 Å². The van der Waals surface area contributed by atoms with Crippen LogP contribution in [0, 0.1) is 5.82 Å². The molecule has 28 heavy (non-hydrogen) atoms. The molecule has 1 N–H and O–H groups in total. The van der Waals surface area contributed by atoms with E-state index in [1.165, 1.54) is 24.4 Å². The van der Waals surface area contributed by atoms with E-state index in [-0.39, 0.29) is 17.2 Å². The highest BCUT2D eigenvalue weighted by Gasteiger charge is 2.13. The van der Waals surface area contributed by atoms with Gasteiger partial charge in [0.15, 0.2) is 0 Å². The zero-order chi connectivity index (χ0) is 19.9. The lowest BCUT2D eigenvalue weighted by Gasteiger charge is -2.05. The molecule has 0 spiro atoms. The van der Waals surface area contributed by atoms with E-state index in [0.29, 0.717) is 15.6 Å². The number of hydrogen-bond acceptors (Lipinski definition) is 4. The van der Waals surface area contributed by atoms with Gasteiger partial charge in [-0.2, -0.15) is 5.10 Å². The van der Waals surface area contributed by atoms with E-state index in [1.54, 1.807) is 48.5 Å². The normalized spacial score (nSPS) is 10.6. The summed E-state index contributed by atoms with van der Waals surface area (Å²) < 4.78 is 19.4. The van der Waals surface area contributed by atoms with Crippen LogP contribution < -0.4 is 10.2 Å². The monoisotopic (exact) mass is 440 g/mol. The van der Waals surface area contributed by atoms with Gasteiger partial charge in [-0.1, -0.05) is 24.3 Å². The third-order valence-electron chi connectivity index (χ3n) is 3.68. The van der Waals surface area contributed by atoms with Gasteiger partial charge in [-0.3, -0.25) is 4.79 Å². The maximum atomic E-state index is 13.6. The van der Waals surface area contributed by atoms with E-state index >= 15 is 0 Å². The Kier molecular flexibility index (Phi) is 6.29. The Hall–Kier alpha value is -3.32. The molecule has 0 aromatic heterocycles. The minimum Gasteiger partial charge on any atom is -0.423 e. The molecule has 0 saturated heterocycles. The van der Waals surface area contributed by atoms with Gasteiger partial charge in [-0.05, 0) is 70.0 Å². The number of amides is 1. The van der Waals surface area contributed by atoms with Crippen LogP contribution in [0.3, 0.4) is 0 Å². The number of benzene rings is 3. The lowest BCUT2D eigenvalue weighted by molar-refractivity contribution is 0.0729. The van der Waals surface area contributed by atoms with Crippen molar-refractivity contribution in [2.24, 2.45) is 5.10 Å². The summed E-state index contributed by atoms with van der Waals surface area (Å²) in [5.74, 6) is -1.50. The second-order valence-corrected chi connectivity index (χ2v) is 6.47. The molecule has 3 aromatic carbocycles. The molecule has 3 rings (SSSR count). The minimum absolute atomic E-state index is 0.136. The van der Waals surface area contributed by atoms with E-state index < -0.39 is 11.8 Å². The summed E-state index contributed by atoms with van der Waals surface area (Å²) in [5.41, 5.74) is 3.45. The molecule has 0 unspecified atom stereocenters. The number of halogens is 2. The zero-order valence-corrected chi connectivity index (χ0v) is 16.0. The smallest absolute Gasteiger partial charge is 0.346 e. The Morgan fingerprint density at radius 1 is 0.929 bits per heavy atom. The van der Waals surface area contributed by atoms with Crippen LogP contribution in [0.4, 0.5) is 4.39 Å². The Labute approximate surface area is 169 Å². The molecule has 5 nitrogen and oxygen atoms in total.